The average Bonchev–Trinajstić information content (AvgIpc) is 2.65. The highest BCUT2D eigenvalue weighted by Gasteiger charge is 2.16. The number of rotatable bonds is 5. The number of halogens is 2. The second-order valence-corrected chi connectivity index (χ2v) is 6.69. The van der Waals surface area contributed by atoms with Gasteiger partial charge in [-0.1, -0.05) is 11.6 Å². The molecule has 3 rings (SSSR count). The zero-order chi connectivity index (χ0) is 19.6. The number of thioether (sulfide) groups is 1. The van der Waals surface area contributed by atoms with Crippen molar-refractivity contribution in [3.63, 3.8) is 0 Å². The Morgan fingerprint density at radius 3 is 2.74 bits per heavy atom. The minimum absolute atomic E-state index is 0.0359. The minimum Gasteiger partial charge on any atom is -0.478 e. The summed E-state index contributed by atoms with van der Waals surface area (Å²) in [5.74, 6) is -1.75. The number of aromatic carboxylic acids is 1. The van der Waals surface area contributed by atoms with E-state index in [1.54, 1.807) is 6.26 Å². The van der Waals surface area contributed by atoms with Crippen LogP contribution in [0.2, 0.25) is 5.02 Å². The van der Waals surface area contributed by atoms with E-state index in [0.29, 0.717) is 10.7 Å². The van der Waals surface area contributed by atoms with Gasteiger partial charge in [-0.3, -0.25) is 9.78 Å². The second-order valence-electron chi connectivity index (χ2n) is 5.43. The molecule has 138 valence electrons. The fraction of sp³-hybridized carbons (Fsp3) is 0.0556. The molecule has 0 saturated carbocycles. The molecule has 0 unspecified atom stereocenters. The van der Waals surface area contributed by atoms with Gasteiger partial charge in [-0.25, -0.2) is 9.18 Å². The summed E-state index contributed by atoms with van der Waals surface area (Å²) in [6.45, 7) is 0. The molecule has 2 heterocycles. The molecule has 6 nitrogen and oxygen atoms in total. The van der Waals surface area contributed by atoms with E-state index in [2.05, 4.69) is 15.3 Å². The van der Waals surface area contributed by atoms with Crippen molar-refractivity contribution in [1.29, 1.82) is 0 Å². The Bertz CT molecular complexity index is 1090. The number of anilines is 2. The van der Waals surface area contributed by atoms with Gasteiger partial charge in [0.15, 0.2) is 0 Å². The summed E-state index contributed by atoms with van der Waals surface area (Å²) >= 11 is 7.19. The first-order valence-corrected chi connectivity index (χ1v) is 9.22. The predicted molar refractivity (Wildman–Crippen MR) is 104 cm³/mol. The maximum Gasteiger partial charge on any atom is 0.339 e. The number of carboxylic acids is 1. The molecule has 0 radical (unpaired) electrons. The topological polar surface area (TPSA) is 95.1 Å². The number of pyridine rings is 2. The van der Waals surface area contributed by atoms with Crippen LogP contribution < -0.4 is 10.9 Å². The van der Waals surface area contributed by atoms with Crippen LogP contribution in [0.15, 0.2) is 52.5 Å². The number of hydrogen-bond donors (Lipinski definition) is 3. The van der Waals surface area contributed by atoms with Gasteiger partial charge in [-0.15, -0.1) is 11.8 Å². The van der Waals surface area contributed by atoms with E-state index in [1.807, 2.05) is 0 Å². The number of nitrogens with zero attached hydrogens (tertiary/aromatic N) is 1. The molecule has 2 aromatic heterocycles. The molecule has 0 fully saturated rings. The summed E-state index contributed by atoms with van der Waals surface area (Å²) in [7, 11) is 0. The number of H-pyrrole nitrogens is 1. The highest BCUT2D eigenvalue weighted by atomic mass is 35.5. The van der Waals surface area contributed by atoms with Crippen LogP contribution in [0.25, 0.3) is 11.1 Å². The molecule has 9 heteroatoms. The molecule has 1 aromatic carbocycles. The molecule has 0 atom stereocenters. The maximum atomic E-state index is 14.2. The monoisotopic (exact) mass is 405 g/mol. The molecule has 3 aromatic rings. The fourth-order valence-electron chi connectivity index (χ4n) is 2.49. The van der Waals surface area contributed by atoms with Crippen LogP contribution in [-0.4, -0.2) is 27.3 Å². The number of aromatic nitrogens is 2. The first kappa shape index (κ1) is 18.9. The van der Waals surface area contributed by atoms with Gasteiger partial charge < -0.3 is 15.4 Å². The van der Waals surface area contributed by atoms with Gasteiger partial charge in [0.25, 0.3) is 5.56 Å². The van der Waals surface area contributed by atoms with Gasteiger partial charge in [0.05, 0.1) is 22.0 Å². The number of nitrogens with one attached hydrogen (secondary N) is 2. The van der Waals surface area contributed by atoms with Gasteiger partial charge in [-0.2, -0.15) is 0 Å². The molecular weight excluding hydrogens is 393 g/mol. The van der Waals surface area contributed by atoms with E-state index >= 15 is 0 Å². The highest BCUT2D eigenvalue weighted by molar-refractivity contribution is 7.98. The molecule has 0 aliphatic heterocycles. The van der Waals surface area contributed by atoms with Crippen LogP contribution in [0, 0.1) is 5.82 Å². The quantitative estimate of drug-likeness (QED) is 0.545. The van der Waals surface area contributed by atoms with Crippen molar-refractivity contribution in [3.05, 3.63) is 69.5 Å². The highest BCUT2D eigenvalue weighted by Crippen LogP contribution is 2.31. The number of benzene rings is 1. The third-order valence-electron chi connectivity index (χ3n) is 3.75. The number of carboxylic acid groups (broad SMARTS) is 1. The first-order valence-electron chi connectivity index (χ1n) is 7.61. The van der Waals surface area contributed by atoms with E-state index in [0.717, 1.165) is 0 Å². The van der Waals surface area contributed by atoms with Gasteiger partial charge >= 0.3 is 5.97 Å². The lowest BCUT2D eigenvalue weighted by Gasteiger charge is -2.14. The van der Waals surface area contributed by atoms with Crippen LogP contribution in [0.5, 0.6) is 0 Å². The van der Waals surface area contributed by atoms with Crippen molar-refractivity contribution in [2.75, 3.05) is 11.6 Å². The number of hydrogen-bond acceptors (Lipinski definition) is 5. The summed E-state index contributed by atoms with van der Waals surface area (Å²) in [6, 6.07) is 6.89. The van der Waals surface area contributed by atoms with Crippen molar-refractivity contribution in [3.8, 4) is 11.1 Å². The lowest BCUT2D eigenvalue weighted by molar-refractivity contribution is 0.0697. The summed E-state index contributed by atoms with van der Waals surface area (Å²) < 4.78 is 14.2. The summed E-state index contributed by atoms with van der Waals surface area (Å²) in [5, 5.41) is 13.0. The molecule has 0 amide bonds. The van der Waals surface area contributed by atoms with Crippen LogP contribution >= 0.6 is 23.4 Å². The Labute approximate surface area is 162 Å². The second kappa shape index (κ2) is 7.81. The maximum absolute atomic E-state index is 14.2. The Balaban J connectivity index is 2.15. The zero-order valence-electron chi connectivity index (χ0n) is 13.9. The van der Waals surface area contributed by atoms with Gasteiger partial charge in [0.1, 0.15) is 11.4 Å². The summed E-state index contributed by atoms with van der Waals surface area (Å²) in [5.41, 5.74) is 0.307. The zero-order valence-corrected chi connectivity index (χ0v) is 15.5. The van der Waals surface area contributed by atoms with Crippen LogP contribution in [0.3, 0.4) is 0 Å². The van der Waals surface area contributed by atoms with Crippen molar-refractivity contribution in [2.45, 2.75) is 5.03 Å². The van der Waals surface area contributed by atoms with E-state index in [9.17, 15) is 19.1 Å². The van der Waals surface area contributed by atoms with Crippen LogP contribution in [0.1, 0.15) is 10.4 Å². The Morgan fingerprint density at radius 2 is 2.04 bits per heavy atom. The first-order chi connectivity index (χ1) is 12.9. The molecule has 0 spiro atoms. The lowest BCUT2D eigenvalue weighted by Crippen LogP contribution is -2.13. The van der Waals surface area contributed by atoms with Crippen molar-refractivity contribution < 1.29 is 14.3 Å². The Morgan fingerprint density at radius 1 is 1.26 bits per heavy atom. The Kier molecular flexibility index (Phi) is 5.48. The third-order valence-corrected chi connectivity index (χ3v) is 4.71. The molecule has 27 heavy (non-hydrogen) atoms. The number of aromatic amines is 1. The summed E-state index contributed by atoms with van der Waals surface area (Å²) in [4.78, 5) is 30.3. The van der Waals surface area contributed by atoms with E-state index in [-0.39, 0.29) is 27.4 Å². The minimum atomic E-state index is -1.15. The smallest absolute Gasteiger partial charge is 0.339 e. The van der Waals surface area contributed by atoms with E-state index < -0.39 is 17.3 Å². The van der Waals surface area contributed by atoms with Crippen molar-refractivity contribution in [2.24, 2.45) is 0 Å². The van der Waals surface area contributed by atoms with Crippen LogP contribution in [0.4, 0.5) is 15.8 Å². The standard InChI is InChI=1S/C18H13ClFN3O3S/c1-27-17-15(22-14-4-5-21-8-12(14)18(25)26)7-11(16(24)23-17)10-6-9(19)2-3-13(10)20/h2-8H,1H3,(H,21,22)(H,23,24)(H,25,26). The fourth-order valence-corrected chi connectivity index (χ4v) is 3.19. The molecule has 0 aliphatic rings. The molecule has 0 saturated heterocycles. The van der Waals surface area contributed by atoms with E-state index in [1.165, 1.54) is 54.5 Å². The number of carbonyl (C=O) groups is 1. The third kappa shape index (κ3) is 3.96. The Hall–Kier alpha value is -2.84. The van der Waals surface area contributed by atoms with E-state index in [4.69, 9.17) is 11.6 Å². The lowest BCUT2D eigenvalue weighted by atomic mass is 10.1. The average molecular weight is 406 g/mol. The van der Waals surface area contributed by atoms with Crippen LogP contribution in [-0.2, 0) is 0 Å². The van der Waals surface area contributed by atoms with Crippen molar-refractivity contribution >= 4 is 40.7 Å². The SMILES string of the molecule is CSc1[nH]c(=O)c(-c2cc(Cl)ccc2F)cc1Nc1ccncc1C(=O)O. The van der Waals surface area contributed by atoms with Gasteiger partial charge in [-0.05, 0) is 36.6 Å². The molecular formula is C18H13ClFN3O3S. The summed E-state index contributed by atoms with van der Waals surface area (Å²) in [6.07, 6.45) is 4.41. The predicted octanol–water partition coefficient (Wildman–Crippen LogP) is 4.39. The molecule has 0 bridgehead atoms. The normalized spacial score (nSPS) is 10.6. The van der Waals surface area contributed by atoms with Crippen molar-refractivity contribution in [1.82, 2.24) is 9.97 Å². The van der Waals surface area contributed by atoms with Gasteiger partial charge in [0, 0.05) is 23.0 Å². The largest absolute Gasteiger partial charge is 0.478 e. The molecule has 3 N–H and O–H groups in total. The van der Waals surface area contributed by atoms with Gasteiger partial charge in [0.2, 0.25) is 0 Å². The molecule has 0 aliphatic carbocycles.